The number of rotatable bonds is 4. The normalized spacial score (nSPS) is 18.6. The Bertz CT molecular complexity index is 441. The lowest BCUT2D eigenvalue weighted by Gasteiger charge is -2.25. The molecule has 1 amide bonds. The highest BCUT2D eigenvalue weighted by Gasteiger charge is 2.25. The average Bonchev–Trinajstić information content (AvgIpc) is 2.91. The molecule has 0 unspecified atom stereocenters. The predicted octanol–water partition coefficient (Wildman–Crippen LogP) is 1.34. The number of carbonyl (C=O) groups is 1. The van der Waals surface area contributed by atoms with Crippen molar-refractivity contribution in [2.75, 3.05) is 25.5 Å². The first kappa shape index (κ1) is 13.8. The molecule has 1 aromatic rings. The molecule has 1 saturated heterocycles. The Morgan fingerprint density at radius 3 is 3.00 bits per heavy atom. The summed E-state index contributed by atoms with van der Waals surface area (Å²) in [5.74, 6) is 0.699. The fourth-order valence-corrected chi connectivity index (χ4v) is 2.29. The summed E-state index contributed by atoms with van der Waals surface area (Å²) in [4.78, 5) is 18.6. The highest BCUT2D eigenvalue weighted by molar-refractivity contribution is 5.98. The third kappa shape index (κ3) is 3.23. The van der Waals surface area contributed by atoms with Gasteiger partial charge in [0.15, 0.2) is 0 Å². The van der Waals surface area contributed by atoms with Crippen LogP contribution in [-0.4, -0.2) is 48.0 Å². The third-order valence-electron chi connectivity index (χ3n) is 3.37. The molecule has 0 aliphatic carbocycles. The lowest BCUT2D eigenvalue weighted by atomic mass is 10.1. The van der Waals surface area contributed by atoms with Gasteiger partial charge in [0.05, 0.1) is 5.56 Å². The minimum atomic E-state index is 0.0324. The molecule has 0 aromatic carbocycles. The molecule has 0 bridgehead atoms. The Balaban J connectivity index is 2.17. The zero-order valence-electron chi connectivity index (χ0n) is 11.8. The third-order valence-corrected chi connectivity index (χ3v) is 3.37. The topological polar surface area (TPSA) is 57.3 Å². The standard InChI is InChI=1S/C14H22N4O/c1-10(2)17-13-12(5-4-7-16-13)14(19)18(3)11-6-8-15-9-11/h4-5,7,10-11,15H,6,8-9H2,1-3H3,(H,16,17)/t11-/m0/s1. The van der Waals surface area contributed by atoms with Crippen LogP contribution in [0, 0.1) is 0 Å². The van der Waals surface area contributed by atoms with Crippen molar-refractivity contribution in [2.24, 2.45) is 0 Å². The average molecular weight is 262 g/mol. The zero-order chi connectivity index (χ0) is 13.8. The van der Waals surface area contributed by atoms with Gasteiger partial charge in [-0.15, -0.1) is 0 Å². The van der Waals surface area contributed by atoms with E-state index in [1.165, 1.54) is 0 Å². The summed E-state index contributed by atoms with van der Waals surface area (Å²) in [6, 6.07) is 4.16. The first-order chi connectivity index (χ1) is 9.09. The van der Waals surface area contributed by atoms with Crippen molar-refractivity contribution in [1.82, 2.24) is 15.2 Å². The quantitative estimate of drug-likeness (QED) is 0.859. The molecule has 1 aliphatic rings. The van der Waals surface area contributed by atoms with E-state index in [2.05, 4.69) is 15.6 Å². The number of pyridine rings is 1. The lowest BCUT2D eigenvalue weighted by Crippen LogP contribution is -2.38. The number of aromatic nitrogens is 1. The van der Waals surface area contributed by atoms with Gasteiger partial charge < -0.3 is 15.5 Å². The second kappa shape index (κ2) is 6.02. The van der Waals surface area contributed by atoms with Crippen molar-refractivity contribution in [1.29, 1.82) is 0 Å². The van der Waals surface area contributed by atoms with E-state index in [0.717, 1.165) is 19.5 Å². The largest absolute Gasteiger partial charge is 0.367 e. The molecule has 0 saturated carbocycles. The summed E-state index contributed by atoms with van der Waals surface area (Å²) in [6.45, 7) is 5.92. The van der Waals surface area contributed by atoms with E-state index in [9.17, 15) is 4.79 Å². The molecule has 5 nitrogen and oxygen atoms in total. The van der Waals surface area contributed by atoms with Gasteiger partial charge in [0, 0.05) is 31.9 Å². The highest BCUT2D eigenvalue weighted by atomic mass is 16.2. The van der Waals surface area contributed by atoms with Crippen LogP contribution < -0.4 is 10.6 Å². The van der Waals surface area contributed by atoms with Gasteiger partial charge in [0.25, 0.3) is 5.91 Å². The van der Waals surface area contributed by atoms with E-state index in [1.54, 1.807) is 12.3 Å². The molecule has 0 radical (unpaired) electrons. The Kier molecular flexibility index (Phi) is 4.37. The van der Waals surface area contributed by atoms with Crippen molar-refractivity contribution >= 4 is 11.7 Å². The summed E-state index contributed by atoms with van der Waals surface area (Å²) in [5, 5.41) is 6.51. The summed E-state index contributed by atoms with van der Waals surface area (Å²) in [5.41, 5.74) is 0.644. The van der Waals surface area contributed by atoms with Crippen LogP contribution in [0.3, 0.4) is 0 Å². The van der Waals surface area contributed by atoms with Crippen LogP contribution >= 0.6 is 0 Å². The van der Waals surface area contributed by atoms with E-state index >= 15 is 0 Å². The first-order valence-electron chi connectivity index (χ1n) is 6.79. The van der Waals surface area contributed by atoms with Gasteiger partial charge >= 0.3 is 0 Å². The van der Waals surface area contributed by atoms with Crippen LogP contribution in [-0.2, 0) is 0 Å². The van der Waals surface area contributed by atoms with Crippen LogP contribution in [0.5, 0.6) is 0 Å². The number of anilines is 1. The highest BCUT2D eigenvalue weighted by Crippen LogP contribution is 2.17. The number of likely N-dealkylation sites (N-methyl/N-ethyl adjacent to an activating group) is 1. The molecular formula is C14H22N4O. The van der Waals surface area contributed by atoms with Crippen LogP contribution in [0.4, 0.5) is 5.82 Å². The molecule has 0 spiro atoms. The van der Waals surface area contributed by atoms with Gasteiger partial charge in [-0.25, -0.2) is 4.98 Å². The lowest BCUT2D eigenvalue weighted by molar-refractivity contribution is 0.0744. The molecule has 19 heavy (non-hydrogen) atoms. The van der Waals surface area contributed by atoms with Gasteiger partial charge in [0.1, 0.15) is 5.82 Å². The molecule has 1 atom stereocenters. The van der Waals surface area contributed by atoms with Crippen molar-refractivity contribution < 1.29 is 4.79 Å². The number of hydrogen-bond donors (Lipinski definition) is 2. The van der Waals surface area contributed by atoms with Crippen LogP contribution in [0.15, 0.2) is 18.3 Å². The van der Waals surface area contributed by atoms with E-state index in [4.69, 9.17) is 0 Å². The molecular weight excluding hydrogens is 240 g/mol. The summed E-state index contributed by atoms with van der Waals surface area (Å²) in [6.07, 6.45) is 2.72. The van der Waals surface area contributed by atoms with E-state index in [0.29, 0.717) is 11.4 Å². The van der Waals surface area contributed by atoms with E-state index in [1.807, 2.05) is 31.9 Å². The molecule has 1 fully saturated rings. The molecule has 104 valence electrons. The SMILES string of the molecule is CC(C)Nc1ncccc1C(=O)N(C)[C@H]1CCNC1. The van der Waals surface area contributed by atoms with Gasteiger partial charge in [-0.05, 0) is 38.9 Å². The van der Waals surface area contributed by atoms with E-state index in [-0.39, 0.29) is 18.0 Å². The van der Waals surface area contributed by atoms with Gasteiger partial charge in [-0.3, -0.25) is 4.79 Å². The second-order valence-corrected chi connectivity index (χ2v) is 5.26. The first-order valence-corrected chi connectivity index (χ1v) is 6.79. The number of carbonyl (C=O) groups excluding carboxylic acids is 1. The summed E-state index contributed by atoms with van der Waals surface area (Å²) >= 11 is 0. The maximum atomic E-state index is 12.6. The molecule has 2 rings (SSSR count). The summed E-state index contributed by atoms with van der Waals surface area (Å²) in [7, 11) is 1.87. The zero-order valence-corrected chi connectivity index (χ0v) is 11.8. The minimum absolute atomic E-state index is 0.0324. The minimum Gasteiger partial charge on any atom is -0.367 e. The smallest absolute Gasteiger partial charge is 0.257 e. The van der Waals surface area contributed by atoms with E-state index < -0.39 is 0 Å². The van der Waals surface area contributed by atoms with Crippen LogP contribution in [0.2, 0.25) is 0 Å². The molecule has 2 heterocycles. The Labute approximate surface area is 114 Å². The maximum Gasteiger partial charge on any atom is 0.257 e. The number of nitrogens with one attached hydrogen (secondary N) is 2. The molecule has 1 aromatic heterocycles. The fourth-order valence-electron chi connectivity index (χ4n) is 2.29. The van der Waals surface area contributed by atoms with Crippen LogP contribution in [0.1, 0.15) is 30.6 Å². The van der Waals surface area contributed by atoms with Crippen molar-refractivity contribution in [2.45, 2.75) is 32.4 Å². The second-order valence-electron chi connectivity index (χ2n) is 5.26. The van der Waals surface area contributed by atoms with Crippen molar-refractivity contribution in [3.63, 3.8) is 0 Å². The van der Waals surface area contributed by atoms with Gasteiger partial charge in [0.2, 0.25) is 0 Å². The fraction of sp³-hybridized carbons (Fsp3) is 0.571. The van der Waals surface area contributed by atoms with Crippen molar-refractivity contribution in [3.8, 4) is 0 Å². The Morgan fingerprint density at radius 2 is 2.37 bits per heavy atom. The monoisotopic (exact) mass is 262 g/mol. The van der Waals surface area contributed by atoms with Gasteiger partial charge in [-0.1, -0.05) is 0 Å². The number of amides is 1. The summed E-state index contributed by atoms with van der Waals surface area (Å²) < 4.78 is 0. The number of nitrogens with zero attached hydrogens (tertiary/aromatic N) is 2. The Morgan fingerprint density at radius 1 is 1.58 bits per heavy atom. The predicted molar refractivity (Wildman–Crippen MR) is 76.4 cm³/mol. The molecule has 5 heteroatoms. The van der Waals surface area contributed by atoms with Gasteiger partial charge in [-0.2, -0.15) is 0 Å². The molecule has 1 aliphatic heterocycles. The van der Waals surface area contributed by atoms with Crippen LogP contribution in [0.25, 0.3) is 0 Å². The maximum absolute atomic E-state index is 12.6. The molecule has 2 N–H and O–H groups in total. The van der Waals surface area contributed by atoms with Crippen molar-refractivity contribution in [3.05, 3.63) is 23.9 Å². The Hall–Kier alpha value is -1.62. The number of hydrogen-bond acceptors (Lipinski definition) is 4.